The van der Waals surface area contributed by atoms with Crippen molar-refractivity contribution in [3.63, 3.8) is 0 Å². The van der Waals surface area contributed by atoms with Crippen LogP contribution in [0, 0.1) is 5.92 Å². The lowest BCUT2D eigenvalue weighted by Crippen LogP contribution is -2.27. The molecule has 0 radical (unpaired) electrons. The van der Waals surface area contributed by atoms with E-state index in [4.69, 9.17) is 4.42 Å². The zero-order valence-corrected chi connectivity index (χ0v) is 10.8. The summed E-state index contributed by atoms with van der Waals surface area (Å²) in [5, 5.41) is 12.7. The lowest BCUT2D eigenvalue weighted by atomic mass is 10.2. The highest BCUT2D eigenvalue weighted by Crippen LogP contribution is 2.32. The molecule has 1 atom stereocenters. The summed E-state index contributed by atoms with van der Waals surface area (Å²) >= 11 is 0.551. The predicted octanol–water partition coefficient (Wildman–Crippen LogP) is 2.60. The molecule has 0 bridgehead atoms. The second-order valence-electron chi connectivity index (χ2n) is 4.48. The maximum atomic E-state index is 12.0. The van der Waals surface area contributed by atoms with Crippen LogP contribution < -0.4 is 5.32 Å². The van der Waals surface area contributed by atoms with Crippen LogP contribution >= 0.6 is 11.8 Å². The number of hydrogen-bond donors (Lipinski definition) is 2. The van der Waals surface area contributed by atoms with Crippen LogP contribution in [-0.4, -0.2) is 23.5 Å². The van der Waals surface area contributed by atoms with E-state index in [2.05, 4.69) is 5.32 Å². The van der Waals surface area contributed by atoms with Gasteiger partial charge in [0, 0.05) is 6.54 Å². The number of alkyl halides is 2. The van der Waals surface area contributed by atoms with Crippen molar-refractivity contribution in [1.29, 1.82) is 0 Å². The van der Waals surface area contributed by atoms with E-state index in [9.17, 15) is 13.9 Å². The molecular weight excluding hydrogens is 260 g/mol. The van der Waals surface area contributed by atoms with Gasteiger partial charge in [-0.3, -0.25) is 0 Å². The molecule has 1 saturated carbocycles. The minimum atomic E-state index is -2.37. The van der Waals surface area contributed by atoms with Gasteiger partial charge in [0.25, 0.3) is 5.76 Å². The van der Waals surface area contributed by atoms with Crippen molar-refractivity contribution < 1.29 is 18.3 Å². The molecule has 1 aliphatic carbocycles. The number of furan rings is 1. The Morgan fingerprint density at radius 2 is 2.11 bits per heavy atom. The van der Waals surface area contributed by atoms with Gasteiger partial charge >= 0.3 is 0 Å². The molecule has 18 heavy (non-hydrogen) atoms. The molecule has 1 aliphatic rings. The summed E-state index contributed by atoms with van der Waals surface area (Å²) < 4.78 is 29.4. The molecule has 3 nitrogen and oxygen atoms in total. The van der Waals surface area contributed by atoms with Gasteiger partial charge in [0.1, 0.15) is 11.5 Å². The lowest BCUT2D eigenvalue weighted by Gasteiger charge is -2.09. The van der Waals surface area contributed by atoms with Crippen LogP contribution in [0.5, 0.6) is 0 Å². The first-order chi connectivity index (χ1) is 8.65. The average molecular weight is 277 g/mol. The molecule has 6 heteroatoms. The Hall–Kier alpha value is -0.590. The summed E-state index contributed by atoms with van der Waals surface area (Å²) in [6, 6.07) is 3.49. The molecule has 0 aromatic carbocycles. The minimum Gasteiger partial charge on any atom is -0.464 e. The van der Waals surface area contributed by atoms with Gasteiger partial charge in [-0.2, -0.15) is 8.78 Å². The number of rotatable bonds is 8. The fourth-order valence-electron chi connectivity index (χ4n) is 1.73. The summed E-state index contributed by atoms with van der Waals surface area (Å²) in [7, 11) is 0. The number of aliphatic hydroxyl groups is 1. The van der Waals surface area contributed by atoms with Crippen LogP contribution in [0.15, 0.2) is 16.5 Å². The Bertz CT molecular complexity index is 369. The SMILES string of the molecule is OC(CNCc1ccc(CSC(F)F)o1)C1CC1. The molecule has 0 amide bonds. The highest BCUT2D eigenvalue weighted by Gasteiger charge is 2.29. The van der Waals surface area contributed by atoms with Gasteiger partial charge < -0.3 is 14.8 Å². The Morgan fingerprint density at radius 1 is 1.39 bits per heavy atom. The summed E-state index contributed by atoms with van der Waals surface area (Å²) in [5.74, 6) is -0.470. The Kier molecular flexibility index (Phi) is 5.03. The standard InChI is InChI=1S/C12H17F2NO2S/c13-12(14)18-7-10-4-3-9(17-10)5-15-6-11(16)8-1-2-8/h3-4,8,11-12,15-16H,1-2,5-7H2. The maximum absolute atomic E-state index is 12.0. The Labute approximate surface area is 109 Å². The molecule has 1 unspecified atom stereocenters. The number of thioether (sulfide) groups is 1. The van der Waals surface area contributed by atoms with Crippen molar-refractivity contribution in [3.05, 3.63) is 23.7 Å². The van der Waals surface area contributed by atoms with Crippen molar-refractivity contribution in [2.75, 3.05) is 6.54 Å². The molecule has 1 heterocycles. The summed E-state index contributed by atoms with van der Waals surface area (Å²) in [5.41, 5.74) is 0. The highest BCUT2D eigenvalue weighted by atomic mass is 32.2. The van der Waals surface area contributed by atoms with Gasteiger partial charge in [0.2, 0.25) is 0 Å². The monoisotopic (exact) mass is 277 g/mol. The largest absolute Gasteiger partial charge is 0.464 e. The predicted molar refractivity (Wildman–Crippen MR) is 66.4 cm³/mol. The van der Waals surface area contributed by atoms with Crippen molar-refractivity contribution in [2.45, 2.75) is 37.0 Å². The summed E-state index contributed by atoms with van der Waals surface area (Å²) in [6.45, 7) is 1.07. The quantitative estimate of drug-likeness (QED) is 0.766. The number of halogens is 2. The van der Waals surface area contributed by atoms with Crippen molar-refractivity contribution in [3.8, 4) is 0 Å². The van der Waals surface area contributed by atoms with E-state index in [0.717, 1.165) is 12.8 Å². The lowest BCUT2D eigenvalue weighted by molar-refractivity contribution is 0.147. The zero-order valence-electron chi connectivity index (χ0n) is 9.94. The van der Waals surface area contributed by atoms with E-state index in [-0.39, 0.29) is 11.9 Å². The van der Waals surface area contributed by atoms with Crippen molar-refractivity contribution >= 4 is 11.8 Å². The first-order valence-electron chi connectivity index (χ1n) is 6.01. The van der Waals surface area contributed by atoms with Crippen LogP contribution in [0.1, 0.15) is 24.4 Å². The first kappa shape index (κ1) is 13.8. The number of aliphatic hydroxyl groups excluding tert-OH is 1. The Balaban J connectivity index is 1.66. The number of nitrogens with one attached hydrogen (secondary N) is 1. The number of hydrogen-bond acceptors (Lipinski definition) is 4. The molecule has 0 saturated heterocycles. The zero-order chi connectivity index (χ0) is 13.0. The van der Waals surface area contributed by atoms with Crippen LogP contribution in [0.2, 0.25) is 0 Å². The van der Waals surface area contributed by atoms with E-state index in [1.54, 1.807) is 12.1 Å². The van der Waals surface area contributed by atoms with E-state index in [1.807, 2.05) is 0 Å². The molecule has 2 rings (SSSR count). The smallest absolute Gasteiger partial charge is 0.284 e. The van der Waals surface area contributed by atoms with Gasteiger partial charge in [0.15, 0.2) is 0 Å². The molecular formula is C12H17F2NO2S. The van der Waals surface area contributed by atoms with Crippen molar-refractivity contribution in [2.24, 2.45) is 5.92 Å². The molecule has 1 aromatic heterocycles. The summed E-state index contributed by atoms with van der Waals surface area (Å²) in [4.78, 5) is 0. The van der Waals surface area contributed by atoms with Crippen LogP contribution in [-0.2, 0) is 12.3 Å². The molecule has 1 aromatic rings. The van der Waals surface area contributed by atoms with E-state index in [0.29, 0.717) is 42.3 Å². The Morgan fingerprint density at radius 3 is 2.78 bits per heavy atom. The third kappa shape index (κ3) is 4.59. The molecule has 102 valence electrons. The third-order valence-electron chi connectivity index (χ3n) is 2.89. The van der Waals surface area contributed by atoms with Gasteiger partial charge in [-0.25, -0.2) is 0 Å². The topological polar surface area (TPSA) is 45.4 Å². The van der Waals surface area contributed by atoms with Gasteiger partial charge in [0.05, 0.1) is 18.4 Å². The second kappa shape index (κ2) is 6.54. The van der Waals surface area contributed by atoms with Crippen molar-refractivity contribution in [1.82, 2.24) is 5.32 Å². The van der Waals surface area contributed by atoms with Crippen LogP contribution in [0.3, 0.4) is 0 Å². The fourth-order valence-corrected chi connectivity index (χ4v) is 2.18. The molecule has 1 fully saturated rings. The average Bonchev–Trinajstić information content (AvgIpc) is 3.08. The second-order valence-corrected chi connectivity index (χ2v) is 5.45. The molecule has 0 aliphatic heterocycles. The first-order valence-corrected chi connectivity index (χ1v) is 7.06. The van der Waals surface area contributed by atoms with Crippen LogP contribution in [0.25, 0.3) is 0 Å². The third-order valence-corrected chi connectivity index (χ3v) is 3.59. The maximum Gasteiger partial charge on any atom is 0.284 e. The van der Waals surface area contributed by atoms with Crippen LogP contribution in [0.4, 0.5) is 8.78 Å². The van der Waals surface area contributed by atoms with Gasteiger partial charge in [-0.05, 0) is 30.9 Å². The summed E-state index contributed by atoms with van der Waals surface area (Å²) in [6.07, 6.45) is 1.94. The normalized spacial score (nSPS) is 17.3. The van der Waals surface area contributed by atoms with Gasteiger partial charge in [-0.1, -0.05) is 11.8 Å². The van der Waals surface area contributed by atoms with E-state index < -0.39 is 5.76 Å². The molecule has 0 spiro atoms. The fraction of sp³-hybridized carbons (Fsp3) is 0.667. The van der Waals surface area contributed by atoms with Gasteiger partial charge in [-0.15, -0.1) is 0 Å². The highest BCUT2D eigenvalue weighted by molar-refractivity contribution is 7.98. The minimum absolute atomic E-state index is 0.183. The van der Waals surface area contributed by atoms with E-state index >= 15 is 0 Å². The molecule has 2 N–H and O–H groups in total. The van der Waals surface area contributed by atoms with E-state index in [1.165, 1.54) is 0 Å².